The molecule has 5 saturated heterocycles. The van der Waals surface area contributed by atoms with Crippen molar-refractivity contribution < 1.29 is 148 Å². The molecule has 0 saturated carbocycles. The van der Waals surface area contributed by atoms with Crippen molar-refractivity contribution in [2.75, 3.05) is 7.11 Å². The highest BCUT2D eigenvalue weighted by molar-refractivity contribution is 5.82. The van der Waals surface area contributed by atoms with Gasteiger partial charge in [0.15, 0.2) is 51.7 Å². The Hall–Kier alpha value is -3.45. The first kappa shape index (κ1) is 81.0. The van der Waals surface area contributed by atoms with Crippen LogP contribution < -0.4 is 0 Å². The fourth-order valence-electron chi connectivity index (χ4n) is 14.7. The van der Waals surface area contributed by atoms with Crippen molar-refractivity contribution in [2.24, 2.45) is 0 Å². The second-order valence-electron chi connectivity index (χ2n) is 30.2. The Labute approximate surface area is 537 Å². The van der Waals surface area contributed by atoms with Crippen LogP contribution in [0.4, 0.5) is 0 Å². The van der Waals surface area contributed by atoms with Crippen LogP contribution in [-0.4, -0.2) is 255 Å². The van der Waals surface area contributed by atoms with Crippen molar-refractivity contribution in [1.82, 2.24) is 0 Å². The average Bonchev–Trinajstić information content (AvgIpc) is 0.668. The number of carbonyl (C=O) groups is 5. The van der Waals surface area contributed by atoms with Crippen LogP contribution in [0.15, 0.2) is 0 Å². The third-order valence-electron chi connectivity index (χ3n) is 25.1. The second kappa shape index (κ2) is 22.0. The predicted octanol–water partition coefficient (Wildman–Crippen LogP) is 2.21. The van der Waals surface area contributed by atoms with Crippen molar-refractivity contribution in [3.63, 3.8) is 0 Å². The molecule has 5 heterocycles. The summed E-state index contributed by atoms with van der Waals surface area (Å²) in [5, 5.41) is 182. The van der Waals surface area contributed by atoms with Crippen molar-refractivity contribution >= 4 is 29.8 Å². The van der Waals surface area contributed by atoms with E-state index in [-0.39, 0.29) is 0 Å². The molecule has 0 aromatic rings. The fraction of sp³-hybridized carbons (Fsp3) is 0.919. The van der Waals surface area contributed by atoms with Crippen LogP contribution in [0.5, 0.6) is 0 Å². The first-order chi connectivity index (χ1) is 40.2. The summed E-state index contributed by atoms with van der Waals surface area (Å²) >= 11 is 0. The Balaban J connectivity index is 0.00000286. The number of carboxylic acids is 5. The van der Waals surface area contributed by atoms with E-state index in [1.54, 1.807) is 0 Å². The molecule has 5 fully saturated rings. The summed E-state index contributed by atoms with van der Waals surface area (Å²) in [5.41, 5.74) is -59.1. The molecule has 24 atom stereocenters. The van der Waals surface area contributed by atoms with Crippen LogP contribution in [0.25, 0.3) is 0 Å². The van der Waals surface area contributed by atoms with Crippen LogP contribution in [0.1, 0.15) is 213 Å². The maximum Gasteiger partial charge on any atom is 0.338 e. The molecule has 0 bridgehead atoms. The quantitative estimate of drug-likeness (QED) is 0.0928. The third kappa shape index (κ3) is 9.33. The zero-order chi connectivity index (χ0) is 73.4. The minimum atomic E-state index is -3.36. The van der Waals surface area contributed by atoms with E-state index < -0.39 is 171 Å². The first-order valence-corrected chi connectivity index (χ1v) is 30.4. The number of rotatable bonds is 17. The van der Waals surface area contributed by atoms with Gasteiger partial charge in [0.1, 0.15) is 84.0 Å². The maximum atomic E-state index is 14.2. The minimum absolute atomic E-state index is 0.716. The summed E-state index contributed by atoms with van der Waals surface area (Å²) in [6.45, 7) is 26.8. The standard InChI is InChI=1S/C56H94O30.C6H14/c1-33(2)39(8,67)41(10,69)50(19,36(5,79-33)30(61)62)84-53(22)45(14,73)40(9,68)34(3,27(78-53)28(57)58)80-54(23)47(16,75)43(12,71)51(20,37(6,82-54)31(63)64)86-56(25)48(17,76)44(13,72)52(21,38(7,83-56)32(65)66)85-55(24)46(15,74)42(11,70)49(18,77-26)35(4,81-55)29(59)60;1-3-5-6-4-2/h27,67-76H,1-26H3,(H,57,58)(H,59,60)(H,61,62)(H,63,64)(H,65,66);3-6H2,1-2H3/t27-,34+,35?,36?,37?,38-,39?,40?,41-,42-,43+,44?,45?,46?,47?,48?,49+,50+,51+,52+,53-,54+,55-,56-;/m0./s1. The second-order valence-corrected chi connectivity index (χ2v) is 30.2. The lowest BCUT2D eigenvalue weighted by Crippen LogP contribution is -2.92. The molecule has 0 amide bonds. The zero-order valence-electron chi connectivity index (χ0n) is 58.7. The predicted molar refractivity (Wildman–Crippen MR) is 318 cm³/mol. The smallest absolute Gasteiger partial charge is 0.338 e. The molecule has 10 unspecified atom stereocenters. The summed E-state index contributed by atoms with van der Waals surface area (Å²) in [7, 11) is 1.01. The van der Waals surface area contributed by atoms with Gasteiger partial charge in [0.05, 0.1) is 5.60 Å². The topological polar surface area (TPSA) is 481 Å². The largest absolute Gasteiger partial charge is 0.479 e. The molecule has 5 aliphatic rings. The third-order valence-corrected chi connectivity index (χ3v) is 25.1. The highest BCUT2D eigenvalue weighted by Gasteiger charge is 2.88. The van der Waals surface area contributed by atoms with Gasteiger partial charge in [0.2, 0.25) is 0 Å². The molecule has 0 aliphatic carbocycles. The summed E-state index contributed by atoms with van der Waals surface area (Å²) in [5.74, 6) is -22.5. The highest BCUT2D eigenvalue weighted by atomic mass is 16.8. The van der Waals surface area contributed by atoms with E-state index in [9.17, 15) is 101 Å². The van der Waals surface area contributed by atoms with E-state index in [0.29, 0.717) is 6.92 Å². The number of aliphatic carboxylic acids is 5. The van der Waals surface area contributed by atoms with E-state index >= 15 is 0 Å². The van der Waals surface area contributed by atoms with Gasteiger partial charge in [-0.05, 0) is 173 Å². The number of aliphatic hydroxyl groups is 10. The number of ether oxygens (including phenoxy) is 10. The molecule has 5 aliphatic heterocycles. The van der Waals surface area contributed by atoms with Crippen molar-refractivity contribution in [1.29, 1.82) is 0 Å². The van der Waals surface area contributed by atoms with Gasteiger partial charge in [-0.25, -0.2) is 24.0 Å². The number of carboxylic acid groups (broad SMARTS) is 5. The Morgan fingerprint density at radius 2 is 0.565 bits per heavy atom. The van der Waals surface area contributed by atoms with Crippen LogP contribution >= 0.6 is 0 Å². The average molecular weight is 1330 g/mol. The Kier molecular flexibility index (Phi) is 19.4. The van der Waals surface area contributed by atoms with E-state index in [0.717, 1.165) is 159 Å². The molecular weight excluding hydrogens is 1220 g/mol. The molecule has 0 aromatic heterocycles. The number of unbranched alkanes of at least 4 members (excludes halogenated alkanes) is 3. The fourth-order valence-corrected chi connectivity index (χ4v) is 14.7. The van der Waals surface area contributed by atoms with Crippen LogP contribution in [0.2, 0.25) is 0 Å². The molecular formula is C62H108O30. The number of methoxy groups -OCH3 is 1. The lowest BCUT2D eigenvalue weighted by molar-refractivity contribution is -0.539. The maximum absolute atomic E-state index is 14.2. The number of hydrogen-bond donors (Lipinski definition) is 15. The molecule has 0 aromatic carbocycles. The zero-order valence-corrected chi connectivity index (χ0v) is 58.7. The van der Waals surface area contributed by atoms with Crippen LogP contribution in [-0.2, 0) is 71.3 Å². The Bertz CT molecular complexity index is 2910. The molecule has 15 N–H and O–H groups in total. The molecule has 30 nitrogen and oxygen atoms in total. The van der Waals surface area contributed by atoms with Crippen molar-refractivity contribution in [3.05, 3.63) is 0 Å². The Morgan fingerprint density at radius 3 is 0.837 bits per heavy atom. The van der Waals surface area contributed by atoms with Gasteiger partial charge >= 0.3 is 29.8 Å². The Morgan fingerprint density at radius 1 is 0.326 bits per heavy atom. The van der Waals surface area contributed by atoms with E-state index in [2.05, 4.69) is 13.8 Å². The lowest BCUT2D eigenvalue weighted by Gasteiger charge is -2.72. The molecule has 30 heteroatoms. The lowest BCUT2D eigenvalue weighted by atomic mass is 9.57. The summed E-state index contributed by atoms with van der Waals surface area (Å²) in [6.07, 6.45) is 2.79. The van der Waals surface area contributed by atoms with E-state index in [4.69, 9.17) is 47.4 Å². The normalized spacial score (nSPS) is 55.1. The van der Waals surface area contributed by atoms with E-state index in [1.165, 1.54) is 39.5 Å². The SMILES string of the molecule is CCCCCC.CO[C@]1(C)C(C)(C(=O)O)O[C@@](C)(O[C@@]2(C)C(C)(O)C(C)(O)[C@](C)(O[C@]3(C)C(C)(C(=O)O)O[C@@](C)(O[C@]4(C)[C@H](C(=O)O)O[C@@](C)(O[C@]5(C)C(C)(C(=O)O)OC(C)(C)C(C)(O)[C@]5(C)O)C(C)(O)C4(C)O)C(C)(O)[C@@]3(C)O)O[C@@]2(C)C(=O)O)C(C)(O)[C@]1(C)O. The van der Waals surface area contributed by atoms with E-state index in [1.807, 2.05) is 0 Å². The molecule has 536 valence electrons. The van der Waals surface area contributed by atoms with Crippen LogP contribution in [0, 0.1) is 0 Å². The molecule has 5 rings (SSSR count). The number of hydrogen-bond acceptors (Lipinski definition) is 25. The molecule has 0 radical (unpaired) electrons. The van der Waals surface area contributed by atoms with Crippen molar-refractivity contribution in [3.8, 4) is 0 Å². The monoisotopic (exact) mass is 1330 g/mol. The van der Waals surface area contributed by atoms with Gasteiger partial charge in [-0.1, -0.05) is 39.5 Å². The van der Waals surface area contributed by atoms with Crippen LogP contribution in [0.3, 0.4) is 0 Å². The highest BCUT2D eigenvalue weighted by Crippen LogP contribution is 2.67. The van der Waals surface area contributed by atoms with Gasteiger partial charge in [0.25, 0.3) is 0 Å². The van der Waals surface area contributed by atoms with Gasteiger partial charge < -0.3 is 124 Å². The first-order valence-electron chi connectivity index (χ1n) is 30.4. The molecule has 92 heavy (non-hydrogen) atoms. The minimum Gasteiger partial charge on any atom is -0.479 e. The summed E-state index contributed by atoms with van der Waals surface area (Å²) in [4.78, 5) is 68.4. The summed E-state index contributed by atoms with van der Waals surface area (Å²) < 4.78 is 61.9. The van der Waals surface area contributed by atoms with Gasteiger partial charge in [-0.3, -0.25) is 0 Å². The van der Waals surface area contributed by atoms with Gasteiger partial charge in [-0.15, -0.1) is 0 Å². The van der Waals surface area contributed by atoms with Gasteiger partial charge in [-0.2, -0.15) is 0 Å². The van der Waals surface area contributed by atoms with Crippen molar-refractivity contribution in [2.45, 2.75) is 354 Å². The summed E-state index contributed by atoms with van der Waals surface area (Å²) in [6, 6.07) is 0. The molecule has 0 spiro atoms. The van der Waals surface area contributed by atoms with Gasteiger partial charge in [0, 0.05) is 7.11 Å².